The van der Waals surface area contributed by atoms with Gasteiger partial charge in [-0.2, -0.15) is 0 Å². The molecule has 6 nitrogen and oxygen atoms in total. The summed E-state index contributed by atoms with van der Waals surface area (Å²) in [5, 5.41) is 40.6. The number of fused-ring (bicyclic) bond motifs is 8. The first kappa shape index (κ1) is 29.7. The van der Waals surface area contributed by atoms with Crippen LogP contribution in [0.4, 0.5) is 0 Å². The van der Waals surface area contributed by atoms with Crippen LogP contribution in [0, 0.1) is 35.0 Å². The number of phenolic OH excluding ortho intramolecular Hbond substituents is 3. The van der Waals surface area contributed by atoms with Crippen molar-refractivity contribution in [3.8, 4) is 17.2 Å². The Morgan fingerprint density at radius 2 is 1.70 bits per heavy atom. The molecule has 0 bridgehead atoms. The summed E-state index contributed by atoms with van der Waals surface area (Å²) in [5.41, 5.74) is 6.78. The van der Waals surface area contributed by atoms with Crippen molar-refractivity contribution in [3.63, 3.8) is 0 Å². The molecule has 230 valence electrons. The van der Waals surface area contributed by atoms with Crippen LogP contribution in [0.3, 0.4) is 0 Å². The average Bonchev–Trinajstić information content (AvgIpc) is 3.40. The van der Waals surface area contributed by atoms with Crippen LogP contribution in [0.1, 0.15) is 108 Å². The van der Waals surface area contributed by atoms with E-state index in [0.29, 0.717) is 11.3 Å². The smallest absolute Gasteiger partial charge is 0.290 e. The molecule has 4 aliphatic carbocycles. The Morgan fingerprint density at radius 1 is 0.977 bits per heavy atom. The molecule has 4 aliphatic rings. The Hall–Kier alpha value is -3.41. The number of nitrogens with one attached hydrogen (secondary N) is 1. The minimum absolute atomic E-state index is 0.0206. The standard InChI is InChI=1S/C36H45NO3.CH2O2/c1-20-10-11-33(3)12-14-36(6)29-17-22(23-19-37-25-8-7-9-26(38)31(23)25)30-21(2)32(40)27(39)18-24(30)34(29,4)13-15-35(36,5)28(33)16-20;2-1-3/h7-9,17-20,22,28,37-40H,10-16H2,1-6H3;1H,(H,2,3)/t20-,22?,28+,33+,34-,35-,36+;/m0./s1. The third-order valence-corrected chi connectivity index (χ3v) is 13.1. The van der Waals surface area contributed by atoms with E-state index in [2.05, 4.69) is 45.7 Å². The van der Waals surface area contributed by atoms with Crippen LogP contribution < -0.4 is 0 Å². The molecule has 0 spiro atoms. The van der Waals surface area contributed by atoms with Crippen molar-refractivity contribution >= 4 is 17.4 Å². The molecule has 5 N–H and O–H groups in total. The maximum absolute atomic E-state index is 11.0. The van der Waals surface area contributed by atoms with E-state index in [-0.39, 0.29) is 45.9 Å². The summed E-state index contributed by atoms with van der Waals surface area (Å²) in [7, 11) is 0. The van der Waals surface area contributed by atoms with Gasteiger partial charge in [0.2, 0.25) is 0 Å². The van der Waals surface area contributed by atoms with Crippen molar-refractivity contribution in [2.75, 3.05) is 0 Å². The molecular weight excluding hydrogens is 538 g/mol. The minimum Gasteiger partial charge on any atom is -0.507 e. The third-order valence-electron chi connectivity index (χ3n) is 13.1. The number of allylic oxidation sites excluding steroid dienone is 2. The fraction of sp³-hybridized carbons (Fsp3) is 0.541. The molecule has 3 fully saturated rings. The van der Waals surface area contributed by atoms with Crippen LogP contribution in [0.15, 0.2) is 42.1 Å². The first-order valence-corrected chi connectivity index (χ1v) is 15.9. The number of hydrogen-bond donors (Lipinski definition) is 5. The minimum atomic E-state index is -0.250. The zero-order valence-electron chi connectivity index (χ0n) is 26.4. The Morgan fingerprint density at radius 3 is 2.42 bits per heavy atom. The molecular formula is C37H47NO5. The second kappa shape index (κ2) is 9.80. The number of H-pyrrole nitrogens is 1. The summed E-state index contributed by atoms with van der Waals surface area (Å²) in [6.45, 7) is 14.3. The first-order valence-electron chi connectivity index (χ1n) is 15.9. The van der Waals surface area contributed by atoms with Gasteiger partial charge < -0.3 is 25.4 Å². The lowest BCUT2D eigenvalue weighted by Crippen LogP contribution is -2.61. The molecule has 43 heavy (non-hydrogen) atoms. The van der Waals surface area contributed by atoms with E-state index in [1.54, 1.807) is 6.07 Å². The second-order valence-electron chi connectivity index (χ2n) is 15.1. The third kappa shape index (κ3) is 3.93. The van der Waals surface area contributed by atoms with E-state index in [9.17, 15) is 15.3 Å². The van der Waals surface area contributed by atoms with Crippen LogP contribution in [-0.2, 0) is 10.2 Å². The molecule has 3 saturated carbocycles. The second-order valence-corrected chi connectivity index (χ2v) is 15.1. The molecule has 2 aromatic carbocycles. The lowest BCUT2D eigenvalue weighted by Gasteiger charge is -2.69. The number of rotatable bonds is 1. The zero-order valence-corrected chi connectivity index (χ0v) is 26.4. The quantitative estimate of drug-likeness (QED) is 0.111. The van der Waals surface area contributed by atoms with Gasteiger partial charge >= 0.3 is 0 Å². The summed E-state index contributed by atoms with van der Waals surface area (Å²) in [6.07, 6.45) is 13.2. The fourth-order valence-electron chi connectivity index (χ4n) is 10.5. The lowest BCUT2D eigenvalue weighted by atomic mass is 9.35. The molecule has 0 aliphatic heterocycles. The van der Waals surface area contributed by atoms with Crippen molar-refractivity contribution in [1.82, 2.24) is 4.98 Å². The largest absolute Gasteiger partial charge is 0.507 e. The number of hydrogen-bond acceptors (Lipinski definition) is 4. The van der Waals surface area contributed by atoms with E-state index in [4.69, 9.17) is 9.90 Å². The van der Waals surface area contributed by atoms with Gasteiger partial charge in [0, 0.05) is 28.4 Å². The Labute approximate surface area is 254 Å². The molecule has 0 radical (unpaired) electrons. The number of aromatic nitrogens is 1. The highest BCUT2D eigenvalue weighted by Gasteiger charge is 2.65. The number of carbonyl (C=O) groups is 1. The van der Waals surface area contributed by atoms with Gasteiger partial charge in [-0.3, -0.25) is 4.79 Å². The summed E-state index contributed by atoms with van der Waals surface area (Å²) in [4.78, 5) is 11.8. The molecule has 6 heteroatoms. The summed E-state index contributed by atoms with van der Waals surface area (Å²) in [5.74, 6) is 1.53. The predicted molar refractivity (Wildman–Crippen MR) is 170 cm³/mol. The fourth-order valence-corrected chi connectivity index (χ4v) is 10.5. The topological polar surface area (TPSA) is 114 Å². The molecule has 7 rings (SSSR count). The van der Waals surface area contributed by atoms with Crippen LogP contribution in [0.2, 0.25) is 0 Å². The number of benzene rings is 2. The molecule has 7 atom stereocenters. The van der Waals surface area contributed by atoms with E-state index < -0.39 is 0 Å². The highest BCUT2D eigenvalue weighted by molar-refractivity contribution is 5.90. The normalized spacial score (nSPS) is 36.2. The van der Waals surface area contributed by atoms with Gasteiger partial charge in [-0.1, -0.05) is 58.8 Å². The predicted octanol–water partition coefficient (Wildman–Crippen LogP) is 8.67. The summed E-state index contributed by atoms with van der Waals surface area (Å²) in [6, 6.07) is 7.49. The van der Waals surface area contributed by atoms with Crippen LogP contribution in [-0.4, -0.2) is 31.9 Å². The Bertz CT molecular complexity index is 1640. The maximum Gasteiger partial charge on any atom is 0.290 e. The average molecular weight is 586 g/mol. The van der Waals surface area contributed by atoms with E-state index >= 15 is 0 Å². The molecule has 1 heterocycles. The Kier molecular flexibility index (Phi) is 6.76. The lowest BCUT2D eigenvalue weighted by molar-refractivity contribution is -0.145. The Balaban J connectivity index is 0.00000105. The number of aromatic amines is 1. The maximum atomic E-state index is 11.0. The number of aromatic hydroxyl groups is 3. The van der Waals surface area contributed by atoms with E-state index in [1.165, 1.54) is 44.1 Å². The van der Waals surface area contributed by atoms with Gasteiger partial charge in [-0.15, -0.1) is 0 Å². The van der Waals surface area contributed by atoms with Crippen molar-refractivity contribution in [1.29, 1.82) is 0 Å². The van der Waals surface area contributed by atoms with Crippen molar-refractivity contribution in [3.05, 3.63) is 64.4 Å². The molecule has 1 aromatic heterocycles. The zero-order chi connectivity index (χ0) is 31.1. The van der Waals surface area contributed by atoms with Gasteiger partial charge in [0.15, 0.2) is 11.5 Å². The molecule has 0 saturated heterocycles. The highest BCUT2D eigenvalue weighted by atomic mass is 16.3. The summed E-state index contributed by atoms with van der Waals surface area (Å²) < 4.78 is 0. The summed E-state index contributed by atoms with van der Waals surface area (Å²) >= 11 is 0. The van der Waals surface area contributed by atoms with Crippen molar-refractivity contribution in [2.24, 2.45) is 28.1 Å². The van der Waals surface area contributed by atoms with Gasteiger partial charge in [-0.25, -0.2) is 0 Å². The molecule has 0 amide bonds. The monoisotopic (exact) mass is 585 g/mol. The van der Waals surface area contributed by atoms with Crippen LogP contribution in [0.25, 0.3) is 10.9 Å². The highest BCUT2D eigenvalue weighted by Crippen LogP contribution is 2.74. The van der Waals surface area contributed by atoms with E-state index in [0.717, 1.165) is 45.5 Å². The van der Waals surface area contributed by atoms with Gasteiger partial charge in [-0.05, 0) is 114 Å². The van der Waals surface area contributed by atoms with Crippen LogP contribution >= 0.6 is 0 Å². The van der Waals surface area contributed by atoms with Gasteiger partial charge in [0.25, 0.3) is 6.47 Å². The van der Waals surface area contributed by atoms with Crippen molar-refractivity contribution in [2.45, 2.75) is 97.8 Å². The number of carboxylic acid groups (broad SMARTS) is 1. The molecule has 3 aromatic rings. The van der Waals surface area contributed by atoms with Crippen LogP contribution in [0.5, 0.6) is 17.2 Å². The van der Waals surface area contributed by atoms with E-state index in [1.807, 2.05) is 31.3 Å². The SMILES string of the molecule is Cc1c(O)c(O)cc2c1C(c1c[nH]c3cccc(O)c13)C=C1[C@@]2(C)CC[C@@]2(C)[C@@H]3C[C@@H](C)CC[C@]3(C)CC[C@]12C.O=CO. The van der Waals surface area contributed by atoms with Gasteiger partial charge in [0.05, 0.1) is 0 Å². The van der Waals surface area contributed by atoms with Crippen molar-refractivity contribution < 1.29 is 25.2 Å². The molecule has 1 unspecified atom stereocenters. The number of phenols is 3. The first-order chi connectivity index (χ1) is 20.3. The van der Waals surface area contributed by atoms with Gasteiger partial charge in [0.1, 0.15) is 5.75 Å².